The fourth-order valence-electron chi connectivity index (χ4n) is 2.80. The first-order valence-corrected chi connectivity index (χ1v) is 9.01. The molecule has 0 bridgehead atoms. The summed E-state index contributed by atoms with van der Waals surface area (Å²) in [5.41, 5.74) is 1.35. The van der Waals surface area contributed by atoms with Crippen molar-refractivity contribution >= 4 is 10.2 Å². The molecule has 0 aliphatic carbocycles. The van der Waals surface area contributed by atoms with E-state index in [-0.39, 0.29) is 0 Å². The lowest BCUT2D eigenvalue weighted by atomic mass is 10.2. The maximum atomic E-state index is 12.4. The third kappa shape index (κ3) is 4.04. The molecule has 2 saturated heterocycles. The number of nitrogens with zero attached hydrogens (tertiary/aromatic N) is 3. The van der Waals surface area contributed by atoms with E-state index in [1.807, 2.05) is 0 Å². The van der Waals surface area contributed by atoms with E-state index in [0.717, 1.165) is 38.9 Å². The van der Waals surface area contributed by atoms with Crippen LogP contribution in [0, 0.1) is 0 Å². The zero-order valence-corrected chi connectivity index (χ0v) is 13.5. The first-order chi connectivity index (χ1) is 9.50. The Morgan fingerprint density at radius 2 is 1.50 bits per heavy atom. The fourth-order valence-corrected chi connectivity index (χ4v) is 4.47. The average molecular weight is 301 g/mol. The molecule has 0 spiro atoms. The molecule has 2 heterocycles. The number of piperazine rings is 1. The van der Waals surface area contributed by atoms with Gasteiger partial charge >= 0.3 is 0 Å². The third-order valence-corrected chi connectivity index (χ3v) is 6.08. The first kappa shape index (κ1) is 15.9. The lowest BCUT2D eigenvalue weighted by molar-refractivity contribution is 0.185. The lowest BCUT2D eigenvalue weighted by Gasteiger charge is -2.35. The lowest BCUT2D eigenvalue weighted by Crippen LogP contribution is -2.52. The molecule has 0 aromatic heterocycles. The highest BCUT2D eigenvalue weighted by Crippen LogP contribution is 2.18. The van der Waals surface area contributed by atoms with Crippen LogP contribution in [0.4, 0.5) is 0 Å². The van der Waals surface area contributed by atoms with Gasteiger partial charge in [-0.2, -0.15) is 17.0 Å². The molecule has 116 valence electrons. The van der Waals surface area contributed by atoms with E-state index in [1.165, 1.54) is 5.57 Å². The van der Waals surface area contributed by atoms with Crippen molar-refractivity contribution in [3.8, 4) is 0 Å². The van der Waals surface area contributed by atoms with Crippen molar-refractivity contribution in [2.24, 2.45) is 0 Å². The molecular weight excluding hydrogens is 274 g/mol. The number of allylic oxidation sites excluding steroid dienone is 1. The molecule has 5 nitrogen and oxygen atoms in total. The Labute approximate surface area is 123 Å². The third-order valence-electron chi connectivity index (χ3n) is 4.05. The van der Waals surface area contributed by atoms with Gasteiger partial charge in [0.05, 0.1) is 0 Å². The zero-order chi connectivity index (χ0) is 14.6. The molecule has 0 atom stereocenters. The average Bonchev–Trinajstić information content (AvgIpc) is 2.93. The second kappa shape index (κ2) is 7.02. The molecule has 0 aromatic carbocycles. The summed E-state index contributed by atoms with van der Waals surface area (Å²) in [5, 5.41) is 0. The van der Waals surface area contributed by atoms with E-state index < -0.39 is 10.2 Å². The Kier molecular flexibility index (Phi) is 5.60. The molecule has 0 radical (unpaired) electrons. The van der Waals surface area contributed by atoms with Gasteiger partial charge in [0.15, 0.2) is 0 Å². The SMILES string of the molecule is CC(C)=CCCN1CCN(S(=O)(=O)N2CCCC2)CC1. The Bertz CT molecular complexity index is 429. The topological polar surface area (TPSA) is 43.9 Å². The van der Waals surface area contributed by atoms with Crippen LogP contribution in [0.15, 0.2) is 11.6 Å². The molecule has 6 heteroatoms. The molecule has 0 unspecified atom stereocenters. The van der Waals surface area contributed by atoms with Crippen LogP contribution in [-0.4, -0.2) is 67.7 Å². The standard InChI is InChI=1S/C14H27N3O2S/c1-14(2)6-5-7-15-10-12-17(13-11-15)20(18,19)16-8-3-4-9-16/h6H,3-5,7-13H2,1-2H3. The van der Waals surface area contributed by atoms with Crippen molar-refractivity contribution in [3.05, 3.63) is 11.6 Å². The number of rotatable bonds is 5. The van der Waals surface area contributed by atoms with E-state index in [9.17, 15) is 8.42 Å². The van der Waals surface area contributed by atoms with Crippen LogP contribution in [0.25, 0.3) is 0 Å². The normalized spacial score (nSPS) is 23.1. The Balaban J connectivity index is 1.80. The second-order valence-corrected chi connectivity index (χ2v) is 7.85. The molecule has 0 saturated carbocycles. The van der Waals surface area contributed by atoms with Gasteiger partial charge < -0.3 is 4.90 Å². The summed E-state index contributed by atoms with van der Waals surface area (Å²) in [7, 11) is -3.19. The summed E-state index contributed by atoms with van der Waals surface area (Å²) in [5.74, 6) is 0. The second-order valence-electron chi connectivity index (χ2n) is 5.92. The summed E-state index contributed by atoms with van der Waals surface area (Å²) < 4.78 is 28.2. The van der Waals surface area contributed by atoms with E-state index in [2.05, 4.69) is 24.8 Å². The first-order valence-electron chi connectivity index (χ1n) is 7.61. The van der Waals surface area contributed by atoms with Crippen molar-refractivity contribution in [1.82, 2.24) is 13.5 Å². The quantitative estimate of drug-likeness (QED) is 0.719. The molecule has 0 amide bonds. The molecule has 2 aliphatic heterocycles. The predicted molar refractivity (Wildman–Crippen MR) is 81.8 cm³/mol. The van der Waals surface area contributed by atoms with Gasteiger partial charge in [-0.3, -0.25) is 0 Å². The van der Waals surface area contributed by atoms with Crippen LogP contribution in [-0.2, 0) is 10.2 Å². The van der Waals surface area contributed by atoms with E-state index in [0.29, 0.717) is 26.2 Å². The minimum Gasteiger partial charge on any atom is -0.300 e. The summed E-state index contributed by atoms with van der Waals surface area (Å²) >= 11 is 0. The zero-order valence-electron chi connectivity index (χ0n) is 12.7. The van der Waals surface area contributed by atoms with Gasteiger partial charge in [-0.15, -0.1) is 0 Å². The molecule has 20 heavy (non-hydrogen) atoms. The van der Waals surface area contributed by atoms with Crippen LogP contribution in [0.1, 0.15) is 33.1 Å². The minimum atomic E-state index is -3.19. The van der Waals surface area contributed by atoms with Gasteiger partial charge in [0, 0.05) is 45.8 Å². The van der Waals surface area contributed by atoms with Gasteiger partial charge in [-0.1, -0.05) is 11.6 Å². The van der Waals surface area contributed by atoms with Crippen LogP contribution < -0.4 is 0 Å². The van der Waals surface area contributed by atoms with Crippen molar-refractivity contribution in [3.63, 3.8) is 0 Å². The fraction of sp³-hybridized carbons (Fsp3) is 0.857. The summed E-state index contributed by atoms with van der Waals surface area (Å²) in [6.45, 7) is 9.62. The van der Waals surface area contributed by atoms with Crippen LogP contribution in [0.3, 0.4) is 0 Å². The van der Waals surface area contributed by atoms with Gasteiger partial charge in [0.1, 0.15) is 0 Å². The summed E-state index contributed by atoms with van der Waals surface area (Å²) in [6, 6.07) is 0. The van der Waals surface area contributed by atoms with Crippen LogP contribution >= 0.6 is 0 Å². The van der Waals surface area contributed by atoms with Crippen molar-refractivity contribution in [1.29, 1.82) is 0 Å². The van der Waals surface area contributed by atoms with E-state index in [1.54, 1.807) is 8.61 Å². The van der Waals surface area contributed by atoms with Gasteiger partial charge in [0.25, 0.3) is 10.2 Å². The Morgan fingerprint density at radius 1 is 0.950 bits per heavy atom. The van der Waals surface area contributed by atoms with E-state index >= 15 is 0 Å². The molecule has 0 N–H and O–H groups in total. The van der Waals surface area contributed by atoms with Crippen LogP contribution in [0.5, 0.6) is 0 Å². The molecule has 2 rings (SSSR count). The van der Waals surface area contributed by atoms with Crippen molar-refractivity contribution < 1.29 is 8.42 Å². The minimum absolute atomic E-state index is 0.633. The van der Waals surface area contributed by atoms with Gasteiger partial charge in [0.2, 0.25) is 0 Å². The highest BCUT2D eigenvalue weighted by molar-refractivity contribution is 7.86. The molecule has 2 fully saturated rings. The maximum absolute atomic E-state index is 12.4. The molecule has 0 aromatic rings. The highest BCUT2D eigenvalue weighted by atomic mass is 32.2. The van der Waals surface area contributed by atoms with Crippen molar-refractivity contribution in [2.75, 3.05) is 45.8 Å². The number of hydrogen-bond donors (Lipinski definition) is 0. The van der Waals surface area contributed by atoms with Crippen molar-refractivity contribution in [2.45, 2.75) is 33.1 Å². The maximum Gasteiger partial charge on any atom is 0.282 e. The summed E-state index contributed by atoms with van der Waals surface area (Å²) in [4.78, 5) is 2.36. The smallest absolute Gasteiger partial charge is 0.282 e. The van der Waals surface area contributed by atoms with Gasteiger partial charge in [-0.25, -0.2) is 0 Å². The predicted octanol–water partition coefficient (Wildman–Crippen LogP) is 1.30. The number of hydrogen-bond acceptors (Lipinski definition) is 3. The molecular formula is C14H27N3O2S. The van der Waals surface area contributed by atoms with E-state index in [4.69, 9.17) is 0 Å². The largest absolute Gasteiger partial charge is 0.300 e. The summed E-state index contributed by atoms with van der Waals surface area (Å²) in [6.07, 6.45) is 5.30. The monoisotopic (exact) mass is 301 g/mol. The Morgan fingerprint density at radius 3 is 2.05 bits per heavy atom. The van der Waals surface area contributed by atoms with Crippen LogP contribution in [0.2, 0.25) is 0 Å². The van der Waals surface area contributed by atoms with Gasteiger partial charge in [-0.05, 0) is 33.1 Å². The Hall–Kier alpha value is -0.430. The molecule has 2 aliphatic rings. The highest BCUT2D eigenvalue weighted by Gasteiger charge is 2.33.